The molecule has 9 heteroatoms. The Morgan fingerprint density at radius 2 is 2.18 bits per heavy atom. The molecule has 0 saturated heterocycles. The molecule has 1 heterocycles. The average Bonchev–Trinajstić information content (AvgIpc) is 2.17. The summed E-state index contributed by atoms with van der Waals surface area (Å²) in [7, 11) is 0. The van der Waals surface area contributed by atoms with Crippen LogP contribution in [0.15, 0.2) is 6.20 Å². The first-order chi connectivity index (χ1) is 7.76. The monoisotopic (exact) mass is 247 g/mol. The van der Waals surface area contributed by atoms with Crippen LogP contribution in [-0.2, 0) is 0 Å². The van der Waals surface area contributed by atoms with E-state index in [0.29, 0.717) is 6.20 Å². The zero-order chi connectivity index (χ0) is 13.2. The number of nitrogens with two attached hydrogens (primary N) is 1. The van der Waals surface area contributed by atoms with Gasteiger partial charge >= 0.3 is 12.3 Å². The Morgan fingerprint density at radius 3 is 2.59 bits per heavy atom. The van der Waals surface area contributed by atoms with Crippen molar-refractivity contribution in [2.75, 3.05) is 5.73 Å². The number of carboxylic acid groups (broad SMARTS) is 1. The number of anilines is 1. The number of rotatable bonds is 2. The quantitative estimate of drug-likeness (QED) is 0.810. The zero-order valence-corrected chi connectivity index (χ0v) is 7.95. The molecule has 1 aromatic heterocycles. The van der Waals surface area contributed by atoms with Gasteiger partial charge in [-0.3, -0.25) is 0 Å². The third kappa shape index (κ3) is 2.75. The second kappa shape index (κ2) is 4.17. The molecular weight excluding hydrogens is 243 g/mol. The van der Waals surface area contributed by atoms with Crippen LogP contribution in [0.25, 0.3) is 0 Å². The van der Waals surface area contributed by atoms with Crippen LogP contribution in [-0.4, -0.2) is 22.4 Å². The molecule has 6 nitrogen and oxygen atoms in total. The van der Waals surface area contributed by atoms with Gasteiger partial charge in [0.2, 0.25) is 5.88 Å². The summed E-state index contributed by atoms with van der Waals surface area (Å²) in [5.41, 5.74) is 3.12. The highest BCUT2D eigenvalue weighted by atomic mass is 19.4. The molecule has 0 aliphatic heterocycles. The van der Waals surface area contributed by atoms with Gasteiger partial charge in [-0.15, -0.1) is 13.2 Å². The fourth-order valence-corrected chi connectivity index (χ4v) is 1.03. The molecule has 0 saturated carbocycles. The van der Waals surface area contributed by atoms with E-state index in [0.717, 1.165) is 0 Å². The Hall–Kier alpha value is -2.50. The minimum absolute atomic E-state index is 0.427. The van der Waals surface area contributed by atoms with Gasteiger partial charge in [0.25, 0.3) is 0 Å². The van der Waals surface area contributed by atoms with E-state index in [1.54, 1.807) is 0 Å². The fraction of sp³-hybridized carbons (Fsp3) is 0.125. The number of halogens is 3. The smallest absolute Gasteiger partial charge is 0.478 e. The first kappa shape index (κ1) is 12.6. The summed E-state index contributed by atoms with van der Waals surface area (Å²) in [6.07, 6.45) is -4.41. The highest BCUT2D eigenvalue weighted by Gasteiger charge is 2.34. The minimum atomic E-state index is -5.08. The Labute approximate surface area is 92.0 Å². The maximum Gasteiger partial charge on any atom is 0.574 e. The molecule has 17 heavy (non-hydrogen) atoms. The van der Waals surface area contributed by atoms with Crippen LogP contribution in [0.4, 0.5) is 18.9 Å². The third-order valence-corrected chi connectivity index (χ3v) is 1.61. The van der Waals surface area contributed by atoms with Crippen LogP contribution >= 0.6 is 0 Å². The Morgan fingerprint density at radius 1 is 1.59 bits per heavy atom. The van der Waals surface area contributed by atoms with Crippen molar-refractivity contribution in [1.82, 2.24) is 4.98 Å². The number of aromatic nitrogens is 1. The number of nitrogen functional groups attached to an aromatic ring is 1. The Kier molecular flexibility index (Phi) is 3.08. The Bertz CT molecular complexity index is 507. The van der Waals surface area contributed by atoms with E-state index in [9.17, 15) is 18.0 Å². The molecule has 0 aliphatic rings. The standard InChI is InChI=1S/C8H4F3N3O3/c9-8(10,11)17-6-3(1-12)5(7(15)16)4(13)2-14-6/h2H,13H2,(H,15,16). The predicted molar refractivity (Wildman–Crippen MR) is 47.0 cm³/mol. The largest absolute Gasteiger partial charge is 0.574 e. The van der Waals surface area contributed by atoms with Gasteiger partial charge in [0, 0.05) is 0 Å². The van der Waals surface area contributed by atoms with E-state index < -0.39 is 35.0 Å². The lowest BCUT2D eigenvalue weighted by Gasteiger charge is -2.11. The zero-order valence-electron chi connectivity index (χ0n) is 7.95. The minimum Gasteiger partial charge on any atom is -0.478 e. The molecule has 0 atom stereocenters. The van der Waals surface area contributed by atoms with Gasteiger partial charge in [0.1, 0.15) is 17.2 Å². The number of hydrogen-bond donors (Lipinski definition) is 2. The molecule has 0 spiro atoms. The maximum atomic E-state index is 11.9. The summed E-state index contributed by atoms with van der Waals surface area (Å²) in [5.74, 6) is -2.79. The number of carbonyl (C=O) groups is 1. The van der Waals surface area contributed by atoms with Crippen LogP contribution in [0.2, 0.25) is 0 Å². The SMILES string of the molecule is N#Cc1c(OC(F)(F)F)ncc(N)c1C(=O)O. The highest BCUT2D eigenvalue weighted by molar-refractivity contribution is 5.96. The molecule has 0 amide bonds. The number of ether oxygens (including phenoxy) is 1. The number of carboxylic acids is 1. The van der Waals surface area contributed by atoms with E-state index in [1.165, 1.54) is 6.07 Å². The summed E-state index contributed by atoms with van der Waals surface area (Å²) in [6, 6.07) is 1.26. The summed E-state index contributed by atoms with van der Waals surface area (Å²) in [4.78, 5) is 13.8. The second-order valence-electron chi connectivity index (χ2n) is 2.73. The van der Waals surface area contributed by atoms with Crippen molar-refractivity contribution in [3.63, 3.8) is 0 Å². The van der Waals surface area contributed by atoms with Gasteiger partial charge in [-0.2, -0.15) is 5.26 Å². The van der Waals surface area contributed by atoms with Crippen molar-refractivity contribution in [1.29, 1.82) is 5.26 Å². The third-order valence-electron chi connectivity index (χ3n) is 1.61. The van der Waals surface area contributed by atoms with Gasteiger partial charge in [-0.1, -0.05) is 0 Å². The van der Waals surface area contributed by atoms with Crippen molar-refractivity contribution >= 4 is 11.7 Å². The summed E-state index contributed by atoms with van der Waals surface area (Å²) >= 11 is 0. The van der Waals surface area contributed by atoms with Gasteiger partial charge < -0.3 is 15.6 Å². The number of aromatic carboxylic acids is 1. The van der Waals surface area contributed by atoms with E-state index in [4.69, 9.17) is 16.1 Å². The Balaban J connectivity index is 3.40. The molecule has 1 rings (SSSR count). The number of pyridine rings is 1. The maximum absolute atomic E-state index is 11.9. The molecule has 0 fully saturated rings. The normalized spacial score (nSPS) is 10.7. The van der Waals surface area contributed by atoms with E-state index in [2.05, 4.69) is 9.72 Å². The number of hydrogen-bond acceptors (Lipinski definition) is 5. The predicted octanol–water partition coefficient (Wildman–Crippen LogP) is 1.13. The molecular formula is C8H4F3N3O3. The molecule has 1 aromatic rings. The van der Waals surface area contributed by atoms with Crippen molar-refractivity contribution < 1.29 is 27.8 Å². The van der Waals surface area contributed by atoms with Crippen molar-refractivity contribution in [2.24, 2.45) is 0 Å². The summed E-state index contributed by atoms with van der Waals surface area (Å²) < 4.78 is 39.2. The van der Waals surface area contributed by atoms with Gasteiger partial charge in [0.05, 0.1) is 11.9 Å². The average molecular weight is 247 g/mol. The van der Waals surface area contributed by atoms with Crippen LogP contribution in [0.1, 0.15) is 15.9 Å². The van der Waals surface area contributed by atoms with E-state index in [-0.39, 0.29) is 0 Å². The van der Waals surface area contributed by atoms with Gasteiger partial charge in [0.15, 0.2) is 0 Å². The van der Waals surface area contributed by atoms with E-state index in [1.807, 2.05) is 0 Å². The number of nitriles is 1. The first-order valence-electron chi connectivity index (χ1n) is 3.94. The lowest BCUT2D eigenvalue weighted by molar-refractivity contribution is -0.276. The number of nitrogens with zero attached hydrogens (tertiary/aromatic N) is 2. The van der Waals surface area contributed by atoms with Crippen LogP contribution < -0.4 is 10.5 Å². The first-order valence-corrected chi connectivity index (χ1v) is 3.94. The molecule has 0 bridgehead atoms. The van der Waals surface area contributed by atoms with Crippen LogP contribution in [0.3, 0.4) is 0 Å². The lowest BCUT2D eigenvalue weighted by atomic mass is 10.1. The highest BCUT2D eigenvalue weighted by Crippen LogP contribution is 2.28. The summed E-state index contributed by atoms with van der Waals surface area (Å²) in [5, 5.41) is 17.3. The molecule has 0 unspecified atom stereocenters. The van der Waals surface area contributed by atoms with Crippen molar-refractivity contribution in [3.8, 4) is 11.9 Å². The molecule has 0 aliphatic carbocycles. The molecule has 90 valence electrons. The topological polar surface area (TPSA) is 109 Å². The molecule has 3 N–H and O–H groups in total. The molecule has 0 aromatic carbocycles. The van der Waals surface area contributed by atoms with Crippen molar-refractivity contribution in [2.45, 2.75) is 6.36 Å². The van der Waals surface area contributed by atoms with Gasteiger partial charge in [-0.05, 0) is 0 Å². The fourth-order valence-electron chi connectivity index (χ4n) is 1.03. The van der Waals surface area contributed by atoms with Crippen molar-refractivity contribution in [3.05, 3.63) is 17.3 Å². The van der Waals surface area contributed by atoms with E-state index >= 15 is 0 Å². The van der Waals surface area contributed by atoms with Crippen LogP contribution in [0, 0.1) is 11.3 Å². The van der Waals surface area contributed by atoms with Crippen LogP contribution in [0.5, 0.6) is 5.88 Å². The van der Waals surface area contributed by atoms with Gasteiger partial charge in [-0.25, -0.2) is 9.78 Å². The summed E-state index contributed by atoms with van der Waals surface area (Å²) in [6.45, 7) is 0. The lowest BCUT2D eigenvalue weighted by Crippen LogP contribution is -2.20. The number of alkyl halides is 3. The second-order valence-corrected chi connectivity index (χ2v) is 2.73. The molecule has 0 radical (unpaired) electrons.